The van der Waals surface area contributed by atoms with Crippen molar-refractivity contribution in [3.05, 3.63) is 44.0 Å². The second kappa shape index (κ2) is 15.0. The topological polar surface area (TPSA) is 172 Å². The van der Waals surface area contributed by atoms with Crippen LogP contribution in [0.2, 0.25) is 0 Å². The number of nitrogens with one attached hydrogen (secondary N) is 2. The van der Waals surface area contributed by atoms with E-state index in [0.717, 1.165) is 0 Å². The normalized spacial score (nSPS) is 11.2. The summed E-state index contributed by atoms with van der Waals surface area (Å²) >= 11 is 11.3. The molecule has 0 amide bonds. The first kappa shape index (κ1) is 29.9. The van der Waals surface area contributed by atoms with E-state index >= 15 is 0 Å². The molecular weight excluding hydrogens is 514 g/mol. The predicted molar refractivity (Wildman–Crippen MR) is 128 cm³/mol. The lowest BCUT2D eigenvalue weighted by molar-refractivity contribution is -0.396. The maximum Gasteiger partial charge on any atom is 0.434 e. The smallest absolute Gasteiger partial charge is 0.390 e. The summed E-state index contributed by atoms with van der Waals surface area (Å²) in [6.07, 6.45) is 3.46. The van der Waals surface area contributed by atoms with Crippen molar-refractivity contribution >= 4 is 42.8 Å². The van der Waals surface area contributed by atoms with E-state index in [4.69, 9.17) is 27.7 Å². The summed E-state index contributed by atoms with van der Waals surface area (Å²) in [7, 11) is -2.07. The fourth-order valence-electron chi connectivity index (χ4n) is 2.86. The van der Waals surface area contributed by atoms with Gasteiger partial charge in [-0.15, -0.1) is 23.2 Å². The highest BCUT2D eigenvalue weighted by Crippen LogP contribution is 2.38. The van der Waals surface area contributed by atoms with Crippen LogP contribution in [-0.4, -0.2) is 53.8 Å². The first-order valence-electron chi connectivity index (χ1n) is 10.4. The third-order valence-electron chi connectivity index (χ3n) is 4.32. The monoisotopic (exact) mass is 542 g/mol. The summed E-state index contributed by atoms with van der Waals surface area (Å²) in [5.74, 6) is -0.307. The highest BCUT2D eigenvalue weighted by Gasteiger charge is 2.29. The summed E-state index contributed by atoms with van der Waals surface area (Å²) in [6.45, 7) is 4.43. The molecule has 0 atom stereocenters. The Bertz CT molecular complexity index is 973. The molecule has 192 valence electrons. The summed E-state index contributed by atoms with van der Waals surface area (Å²) in [4.78, 5) is 28.8. The number of rotatable bonds is 15. The molecule has 0 fully saturated rings. The van der Waals surface area contributed by atoms with Crippen molar-refractivity contribution in [1.29, 1.82) is 0 Å². The van der Waals surface area contributed by atoms with Gasteiger partial charge in [-0.05, 0) is 16.3 Å². The molecule has 0 aromatic carbocycles. The van der Waals surface area contributed by atoms with E-state index in [2.05, 4.69) is 20.1 Å². The Kier molecular flexibility index (Phi) is 13.2. The maximum absolute atomic E-state index is 12.9. The molecule has 14 nitrogen and oxygen atoms in total. The lowest BCUT2D eigenvalue weighted by Crippen LogP contribution is -2.27. The molecule has 2 N–H and O–H groups in total. The number of halogens is 2. The van der Waals surface area contributed by atoms with Gasteiger partial charge in [-0.25, -0.2) is 19.3 Å². The van der Waals surface area contributed by atoms with E-state index in [1.807, 2.05) is 13.8 Å². The SMILES string of the molecule is CC.Cn1c([N+](=O)[O-])nc(CCCn2ccnc2[N+](=O)[O-])c1COP(=O)(NCCCl)NCCCl. The van der Waals surface area contributed by atoms with Crippen LogP contribution in [-0.2, 0) is 35.7 Å². The van der Waals surface area contributed by atoms with Gasteiger partial charge in [0, 0.05) is 31.3 Å². The van der Waals surface area contributed by atoms with Crippen molar-refractivity contribution in [3.63, 3.8) is 0 Å². The van der Waals surface area contributed by atoms with Crippen molar-refractivity contribution in [3.8, 4) is 0 Å². The molecule has 2 aromatic heterocycles. The zero-order valence-electron chi connectivity index (χ0n) is 19.1. The van der Waals surface area contributed by atoms with Gasteiger partial charge in [-0.3, -0.25) is 9.09 Å². The minimum atomic E-state index is -3.52. The third-order valence-corrected chi connectivity index (χ3v) is 6.47. The molecule has 0 bridgehead atoms. The predicted octanol–water partition coefficient (Wildman–Crippen LogP) is 3.37. The van der Waals surface area contributed by atoms with Crippen LogP contribution in [0.15, 0.2) is 12.4 Å². The van der Waals surface area contributed by atoms with Gasteiger partial charge in [0.2, 0.25) is 0 Å². The fraction of sp³-hybridized carbons (Fsp3) is 0.647. The van der Waals surface area contributed by atoms with E-state index in [1.54, 1.807) is 0 Å². The van der Waals surface area contributed by atoms with E-state index in [-0.39, 0.29) is 50.4 Å². The van der Waals surface area contributed by atoms with Crippen LogP contribution in [0.4, 0.5) is 11.9 Å². The molecule has 0 aliphatic carbocycles. The fourth-order valence-corrected chi connectivity index (χ4v) is 4.72. The molecule has 0 aliphatic heterocycles. The van der Waals surface area contributed by atoms with Crippen LogP contribution in [0.5, 0.6) is 0 Å². The lowest BCUT2D eigenvalue weighted by atomic mass is 10.2. The molecule has 2 aromatic rings. The van der Waals surface area contributed by atoms with Crippen LogP contribution < -0.4 is 10.2 Å². The number of imidazole rings is 2. The summed E-state index contributed by atoms with van der Waals surface area (Å²) < 4.78 is 21.1. The van der Waals surface area contributed by atoms with Gasteiger partial charge >= 0.3 is 19.6 Å². The standard InChI is InChI=1S/C15H23Cl2N8O6P.C2H6/c1-22-13(11-31-32(30,19-6-4-16)20-7-5-17)12(21-15(22)25(28)29)3-2-9-23-10-8-18-14(23)24(26)27;1-2/h8,10H,2-7,9,11H2,1H3,(H2,19,20,30);1-2H3. The van der Waals surface area contributed by atoms with E-state index in [0.29, 0.717) is 17.8 Å². The van der Waals surface area contributed by atoms with Gasteiger partial charge in [0.15, 0.2) is 5.69 Å². The first-order chi connectivity index (χ1) is 16.2. The molecule has 0 unspecified atom stereocenters. The van der Waals surface area contributed by atoms with Crippen molar-refractivity contribution in [2.75, 3.05) is 24.8 Å². The highest BCUT2D eigenvalue weighted by atomic mass is 35.5. The van der Waals surface area contributed by atoms with Gasteiger partial charge in [0.25, 0.3) is 0 Å². The molecule has 0 spiro atoms. The number of hydrogen-bond donors (Lipinski definition) is 2. The molecule has 0 radical (unpaired) electrons. The van der Waals surface area contributed by atoms with Crippen LogP contribution in [0.1, 0.15) is 31.7 Å². The highest BCUT2D eigenvalue weighted by molar-refractivity contribution is 7.54. The quantitative estimate of drug-likeness (QED) is 0.147. The first-order valence-corrected chi connectivity index (χ1v) is 13.1. The number of alkyl halides is 2. The van der Waals surface area contributed by atoms with Gasteiger partial charge in [-0.1, -0.05) is 23.8 Å². The van der Waals surface area contributed by atoms with Crippen LogP contribution >= 0.6 is 30.9 Å². The van der Waals surface area contributed by atoms with E-state index in [1.165, 1.54) is 28.6 Å². The Morgan fingerprint density at radius 3 is 2.24 bits per heavy atom. The van der Waals surface area contributed by atoms with Gasteiger partial charge in [0.05, 0.1) is 13.6 Å². The number of nitro groups is 2. The Balaban J connectivity index is 0.00000281. The number of aryl methyl sites for hydroxylation is 2. The summed E-state index contributed by atoms with van der Waals surface area (Å²) in [5, 5.41) is 27.7. The van der Waals surface area contributed by atoms with Crippen LogP contribution in [0.3, 0.4) is 0 Å². The van der Waals surface area contributed by atoms with Crippen LogP contribution in [0.25, 0.3) is 0 Å². The molecule has 17 heteroatoms. The van der Waals surface area contributed by atoms with Crippen molar-refractivity contribution in [1.82, 2.24) is 29.3 Å². The van der Waals surface area contributed by atoms with Gasteiger partial charge in [0.1, 0.15) is 24.7 Å². The minimum absolute atomic E-state index is 0.193. The molecule has 34 heavy (non-hydrogen) atoms. The van der Waals surface area contributed by atoms with Crippen molar-refractivity contribution in [2.24, 2.45) is 7.05 Å². The average Bonchev–Trinajstić information content (AvgIpc) is 3.41. The minimum Gasteiger partial charge on any atom is -0.390 e. The average molecular weight is 543 g/mol. The number of aromatic nitrogens is 4. The number of nitrogens with zero attached hydrogens (tertiary/aromatic N) is 6. The third kappa shape index (κ3) is 8.60. The molecule has 0 aliphatic rings. The molecular formula is C17H29Cl2N8O6P. The van der Waals surface area contributed by atoms with E-state index in [9.17, 15) is 24.8 Å². The molecule has 2 rings (SSSR count). The largest absolute Gasteiger partial charge is 0.434 e. The maximum atomic E-state index is 12.9. The van der Waals surface area contributed by atoms with Gasteiger partial charge in [-0.2, -0.15) is 0 Å². The number of hydrogen-bond acceptors (Lipinski definition) is 8. The lowest BCUT2D eigenvalue weighted by Gasteiger charge is -2.19. The Morgan fingerprint density at radius 2 is 1.71 bits per heavy atom. The zero-order valence-corrected chi connectivity index (χ0v) is 21.6. The second-order valence-corrected chi connectivity index (χ2v) is 9.17. The Morgan fingerprint density at radius 1 is 1.12 bits per heavy atom. The Hall–Kier alpha value is -2.09. The van der Waals surface area contributed by atoms with E-state index < -0.39 is 23.5 Å². The summed E-state index contributed by atoms with van der Waals surface area (Å²) in [5.41, 5.74) is 0.723. The summed E-state index contributed by atoms with van der Waals surface area (Å²) in [6, 6.07) is 0. The van der Waals surface area contributed by atoms with Crippen molar-refractivity contribution < 1.29 is 18.9 Å². The van der Waals surface area contributed by atoms with Gasteiger partial charge < -0.3 is 20.2 Å². The van der Waals surface area contributed by atoms with Crippen molar-refractivity contribution in [2.45, 2.75) is 39.8 Å². The molecule has 2 heterocycles. The zero-order chi connectivity index (χ0) is 25.7. The Labute approximate surface area is 206 Å². The second-order valence-electron chi connectivity index (χ2n) is 6.42. The molecule has 0 saturated carbocycles. The van der Waals surface area contributed by atoms with Crippen LogP contribution in [0, 0.1) is 20.2 Å². The molecule has 0 saturated heterocycles.